The highest BCUT2D eigenvalue weighted by Crippen LogP contribution is 2.25. The molecule has 0 radical (unpaired) electrons. The lowest BCUT2D eigenvalue weighted by Gasteiger charge is -2.38. The summed E-state index contributed by atoms with van der Waals surface area (Å²) in [6.07, 6.45) is -2.52. The van der Waals surface area contributed by atoms with Crippen LogP contribution in [0.3, 0.4) is 0 Å². The Hall–Kier alpha value is -0.190. The second-order valence-corrected chi connectivity index (χ2v) is 13.8. The molecule has 0 aromatic heterocycles. The molecule has 0 fully saturated rings. The van der Waals surface area contributed by atoms with Gasteiger partial charge in [-0.25, -0.2) is 0 Å². The van der Waals surface area contributed by atoms with Crippen LogP contribution in [0.1, 0.15) is 62.3 Å². The number of ether oxygens (including phenoxy) is 3. The van der Waals surface area contributed by atoms with E-state index in [0.717, 1.165) is 0 Å². The van der Waals surface area contributed by atoms with Gasteiger partial charge >= 0.3 is 17.9 Å². The van der Waals surface area contributed by atoms with Gasteiger partial charge in [-0.1, -0.05) is 47.8 Å². The molecule has 0 N–H and O–H groups in total. The third-order valence-electron chi connectivity index (χ3n) is 3.55. The molecule has 7 nitrogen and oxygen atoms in total. The second-order valence-electron chi connectivity index (χ2n) is 7.88. The Morgan fingerprint density at radius 3 is 0.929 bits per heavy atom. The van der Waals surface area contributed by atoms with Crippen LogP contribution in [0.5, 0.6) is 0 Å². The largest absolute Gasteiger partial charge is 0.445 e. The monoisotopic (exact) mass is 593 g/mol. The van der Waals surface area contributed by atoms with Crippen molar-refractivity contribution in [1.29, 1.82) is 0 Å². The lowest BCUT2D eigenvalue weighted by atomic mass is 10.2. The molecule has 0 rings (SSSR count). The normalized spacial score (nSPS) is 16.2. The molecule has 0 aliphatic heterocycles. The van der Waals surface area contributed by atoms with Gasteiger partial charge in [0.1, 0.15) is 13.0 Å². The first kappa shape index (κ1) is 27.8. The summed E-state index contributed by atoms with van der Waals surface area (Å²) in [6.45, 7) is 14.8. The molecule has 0 aromatic carbocycles. The number of halogens is 3. The predicted molar refractivity (Wildman–Crippen MR) is 118 cm³/mol. The van der Waals surface area contributed by atoms with E-state index < -0.39 is 49.6 Å². The van der Waals surface area contributed by atoms with E-state index in [1.807, 2.05) is 0 Å². The highest BCUT2D eigenvalue weighted by molar-refractivity contribution is 9.10. The van der Waals surface area contributed by atoms with E-state index in [0.29, 0.717) is 0 Å². The number of carbonyl (C=O) groups is 3. The highest BCUT2D eigenvalue weighted by Gasteiger charge is 2.38. The molecular formula is C18H30Br3NO6. The fourth-order valence-corrected chi connectivity index (χ4v) is 2.23. The standard InChI is InChI=1S/C18H30Br3NO6/c1-10(26-13(23)16(4,5)19)22(11(2)27-14(24)17(6,7)20)12(3)28-15(25)18(8,9)21/h10-12H,1-9H3. The van der Waals surface area contributed by atoms with Crippen LogP contribution in [-0.2, 0) is 28.6 Å². The van der Waals surface area contributed by atoms with Crippen LogP contribution in [0, 0.1) is 0 Å². The zero-order chi connectivity index (χ0) is 22.7. The first-order valence-corrected chi connectivity index (χ1v) is 11.1. The Bertz CT molecular complexity index is 497. The minimum Gasteiger partial charge on any atom is -0.445 e. The molecule has 164 valence electrons. The molecule has 0 bridgehead atoms. The fourth-order valence-electron chi connectivity index (χ4n) is 1.95. The molecule has 0 aliphatic rings. The number of esters is 3. The summed E-state index contributed by atoms with van der Waals surface area (Å²) in [6, 6.07) is 0. The van der Waals surface area contributed by atoms with Gasteiger partial charge in [0.15, 0.2) is 18.7 Å². The Kier molecular flexibility index (Phi) is 10.1. The third-order valence-corrected chi connectivity index (χ3v) is 4.52. The van der Waals surface area contributed by atoms with Gasteiger partial charge in [0.25, 0.3) is 0 Å². The van der Waals surface area contributed by atoms with Gasteiger partial charge in [-0.05, 0) is 62.3 Å². The molecule has 28 heavy (non-hydrogen) atoms. The Balaban J connectivity index is 5.60. The number of nitrogens with zero attached hydrogens (tertiary/aromatic N) is 1. The molecule has 0 heterocycles. The highest BCUT2D eigenvalue weighted by atomic mass is 79.9. The second kappa shape index (κ2) is 10.2. The lowest BCUT2D eigenvalue weighted by molar-refractivity contribution is -0.214. The van der Waals surface area contributed by atoms with Crippen LogP contribution >= 0.6 is 47.8 Å². The minimum absolute atomic E-state index is 0.510. The molecule has 0 aromatic rings. The number of carbonyl (C=O) groups excluding carboxylic acids is 3. The molecule has 0 aliphatic carbocycles. The van der Waals surface area contributed by atoms with Crippen LogP contribution in [0.2, 0.25) is 0 Å². The average Bonchev–Trinajstić information content (AvgIpc) is 2.43. The zero-order valence-corrected chi connectivity index (χ0v) is 22.5. The zero-order valence-electron chi connectivity index (χ0n) is 17.8. The maximum Gasteiger partial charge on any atom is 0.323 e. The SMILES string of the molecule is CC(OC(=O)C(C)(C)Br)N(C(C)OC(=O)C(C)(C)Br)C(C)OC(=O)C(C)(C)Br. The molecule has 3 unspecified atom stereocenters. The van der Waals surface area contributed by atoms with Crippen LogP contribution < -0.4 is 0 Å². The Morgan fingerprint density at radius 2 is 0.786 bits per heavy atom. The van der Waals surface area contributed by atoms with Crippen molar-refractivity contribution < 1.29 is 28.6 Å². The van der Waals surface area contributed by atoms with Crippen molar-refractivity contribution in [3.8, 4) is 0 Å². The maximum absolute atomic E-state index is 12.3. The Labute approximate surface area is 192 Å². The van der Waals surface area contributed by atoms with Crippen molar-refractivity contribution in [2.45, 2.75) is 94.0 Å². The summed E-state index contributed by atoms with van der Waals surface area (Å²) in [4.78, 5) is 38.3. The predicted octanol–water partition coefficient (Wildman–Crippen LogP) is 4.48. The van der Waals surface area contributed by atoms with Gasteiger partial charge in [-0.2, -0.15) is 4.90 Å². The molecule has 0 amide bonds. The van der Waals surface area contributed by atoms with Crippen LogP contribution in [-0.4, -0.2) is 54.5 Å². The van der Waals surface area contributed by atoms with E-state index in [9.17, 15) is 14.4 Å². The van der Waals surface area contributed by atoms with Crippen molar-refractivity contribution in [2.75, 3.05) is 0 Å². The topological polar surface area (TPSA) is 82.1 Å². The maximum atomic E-state index is 12.3. The fraction of sp³-hybridized carbons (Fsp3) is 0.833. The third kappa shape index (κ3) is 9.09. The lowest BCUT2D eigenvalue weighted by Crippen LogP contribution is -2.53. The summed E-state index contributed by atoms with van der Waals surface area (Å²) < 4.78 is 13.8. The van der Waals surface area contributed by atoms with Crippen LogP contribution in [0.15, 0.2) is 0 Å². The van der Waals surface area contributed by atoms with E-state index in [1.165, 1.54) is 4.90 Å². The molecule has 3 atom stereocenters. The van der Waals surface area contributed by atoms with Crippen molar-refractivity contribution >= 4 is 65.7 Å². The average molecular weight is 596 g/mol. The number of rotatable bonds is 9. The first-order chi connectivity index (χ1) is 12.3. The molecule has 0 saturated heterocycles. The van der Waals surface area contributed by atoms with Gasteiger partial charge in [0, 0.05) is 0 Å². The quantitative estimate of drug-likeness (QED) is 0.168. The summed E-state index contributed by atoms with van der Waals surface area (Å²) in [5.74, 6) is -1.53. The van der Waals surface area contributed by atoms with E-state index in [4.69, 9.17) is 14.2 Å². The summed E-state index contributed by atoms with van der Waals surface area (Å²) >= 11 is 9.76. The summed E-state index contributed by atoms with van der Waals surface area (Å²) in [5.41, 5.74) is 0. The molecule has 10 heteroatoms. The summed E-state index contributed by atoms with van der Waals surface area (Å²) in [5, 5.41) is 0. The minimum atomic E-state index is -0.900. The van der Waals surface area contributed by atoms with Crippen molar-refractivity contribution in [1.82, 2.24) is 4.90 Å². The van der Waals surface area contributed by atoms with Gasteiger partial charge in [0.2, 0.25) is 0 Å². The molecule has 0 saturated carbocycles. The van der Waals surface area contributed by atoms with Crippen LogP contribution in [0.25, 0.3) is 0 Å². The smallest absolute Gasteiger partial charge is 0.323 e. The number of hydrogen-bond donors (Lipinski definition) is 0. The van der Waals surface area contributed by atoms with E-state index in [-0.39, 0.29) is 0 Å². The van der Waals surface area contributed by atoms with Gasteiger partial charge in [0.05, 0.1) is 0 Å². The van der Waals surface area contributed by atoms with Crippen molar-refractivity contribution in [3.05, 3.63) is 0 Å². The van der Waals surface area contributed by atoms with E-state index in [2.05, 4.69) is 47.8 Å². The first-order valence-electron chi connectivity index (χ1n) is 8.76. The molecule has 0 spiro atoms. The van der Waals surface area contributed by atoms with Crippen molar-refractivity contribution in [2.24, 2.45) is 0 Å². The van der Waals surface area contributed by atoms with Gasteiger partial charge in [-0.15, -0.1) is 0 Å². The van der Waals surface area contributed by atoms with E-state index >= 15 is 0 Å². The summed E-state index contributed by atoms with van der Waals surface area (Å²) in [7, 11) is 0. The van der Waals surface area contributed by atoms with Gasteiger partial charge in [-0.3, -0.25) is 14.4 Å². The van der Waals surface area contributed by atoms with E-state index in [1.54, 1.807) is 62.3 Å². The Morgan fingerprint density at radius 1 is 0.607 bits per heavy atom. The van der Waals surface area contributed by atoms with Crippen molar-refractivity contribution in [3.63, 3.8) is 0 Å². The number of alkyl halides is 3. The number of hydrogen-bond acceptors (Lipinski definition) is 7. The van der Waals surface area contributed by atoms with Crippen LogP contribution in [0.4, 0.5) is 0 Å². The van der Waals surface area contributed by atoms with Gasteiger partial charge < -0.3 is 14.2 Å². The molecular weight excluding hydrogens is 566 g/mol.